The lowest BCUT2D eigenvalue weighted by atomic mass is 10.2. The number of aryl methyl sites for hydroxylation is 1. The van der Waals surface area contributed by atoms with Gasteiger partial charge in [-0.25, -0.2) is 4.68 Å². The standard InChI is InChI=1S/C16H17N5O2S/c1-11(14-7-4-8-24-14)17-16(22)12-5-3-6-13(9-12)23-10-15-18-19-20-21(15)2/h3-9,11H,10H2,1-2H3,(H,17,22). The molecule has 0 aliphatic rings. The minimum atomic E-state index is -0.137. The third-order valence-electron chi connectivity index (χ3n) is 3.49. The molecule has 3 rings (SSSR count). The van der Waals surface area contributed by atoms with E-state index in [9.17, 15) is 4.79 Å². The molecule has 1 unspecified atom stereocenters. The van der Waals surface area contributed by atoms with Crippen LogP contribution in [0.1, 0.15) is 34.0 Å². The lowest BCUT2D eigenvalue weighted by molar-refractivity contribution is 0.0940. The van der Waals surface area contributed by atoms with Gasteiger partial charge in [-0.15, -0.1) is 16.4 Å². The topological polar surface area (TPSA) is 81.9 Å². The Bertz CT molecular complexity index is 816. The maximum Gasteiger partial charge on any atom is 0.251 e. The van der Waals surface area contributed by atoms with E-state index >= 15 is 0 Å². The van der Waals surface area contributed by atoms with Gasteiger partial charge in [-0.05, 0) is 47.0 Å². The van der Waals surface area contributed by atoms with Crippen molar-refractivity contribution in [2.24, 2.45) is 7.05 Å². The number of amides is 1. The zero-order valence-electron chi connectivity index (χ0n) is 13.3. The zero-order chi connectivity index (χ0) is 16.9. The molecule has 0 bridgehead atoms. The van der Waals surface area contributed by atoms with Gasteiger partial charge in [0.25, 0.3) is 5.91 Å². The summed E-state index contributed by atoms with van der Waals surface area (Å²) in [5, 5.41) is 16.1. The van der Waals surface area contributed by atoms with Gasteiger partial charge in [0, 0.05) is 17.5 Å². The van der Waals surface area contributed by atoms with Crippen LogP contribution in [0.25, 0.3) is 0 Å². The summed E-state index contributed by atoms with van der Waals surface area (Å²) in [5.74, 6) is 1.06. The first-order valence-corrected chi connectivity index (χ1v) is 8.30. The summed E-state index contributed by atoms with van der Waals surface area (Å²) in [6.07, 6.45) is 0. The fraction of sp³-hybridized carbons (Fsp3) is 0.250. The van der Waals surface area contributed by atoms with E-state index < -0.39 is 0 Å². The molecule has 24 heavy (non-hydrogen) atoms. The summed E-state index contributed by atoms with van der Waals surface area (Å²) < 4.78 is 7.20. The van der Waals surface area contributed by atoms with Crippen molar-refractivity contribution in [2.45, 2.75) is 19.6 Å². The van der Waals surface area contributed by atoms with E-state index in [1.165, 1.54) is 0 Å². The maximum absolute atomic E-state index is 12.4. The highest BCUT2D eigenvalue weighted by Crippen LogP contribution is 2.20. The summed E-state index contributed by atoms with van der Waals surface area (Å²) >= 11 is 1.62. The van der Waals surface area contributed by atoms with Crippen LogP contribution in [-0.4, -0.2) is 26.1 Å². The molecule has 1 amide bonds. The lowest BCUT2D eigenvalue weighted by Gasteiger charge is -2.13. The summed E-state index contributed by atoms with van der Waals surface area (Å²) in [5.41, 5.74) is 0.548. The Balaban J connectivity index is 1.64. The van der Waals surface area contributed by atoms with Crippen LogP contribution in [0.15, 0.2) is 41.8 Å². The van der Waals surface area contributed by atoms with E-state index in [0.29, 0.717) is 17.1 Å². The summed E-state index contributed by atoms with van der Waals surface area (Å²) in [6.45, 7) is 2.20. The van der Waals surface area contributed by atoms with Crippen LogP contribution in [0, 0.1) is 0 Å². The van der Waals surface area contributed by atoms with Crippen LogP contribution in [-0.2, 0) is 13.7 Å². The maximum atomic E-state index is 12.4. The summed E-state index contributed by atoms with van der Waals surface area (Å²) in [4.78, 5) is 13.5. The molecule has 124 valence electrons. The largest absolute Gasteiger partial charge is 0.486 e. The van der Waals surface area contributed by atoms with Crippen molar-refractivity contribution in [1.29, 1.82) is 0 Å². The summed E-state index contributed by atoms with van der Waals surface area (Å²) in [7, 11) is 1.74. The van der Waals surface area contributed by atoms with E-state index in [-0.39, 0.29) is 18.6 Å². The number of hydrogen-bond donors (Lipinski definition) is 1. The number of aromatic nitrogens is 4. The molecule has 0 saturated carbocycles. The van der Waals surface area contributed by atoms with Crippen molar-refractivity contribution in [2.75, 3.05) is 0 Å². The zero-order valence-corrected chi connectivity index (χ0v) is 14.2. The van der Waals surface area contributed by atoms with Gasteiger partial charge in [0.2, 0.25) is 0 Å². The van der Waals surface area contributed by atoms with Gasteiger partial charge in [-0.2, -0.15) is 0 Å². The molecule has 7 nitrogen and oxygen atoms in total. The second-order valence-corrected chi connectivity index (χ2v) is 6.23. The number of benzene rings is 1. The minimum absolute atomic E-state index is 0.0354. The number of nitrogens with zero attached hydrogens (tertiary/aromatic N) is 4. The highest BCUT2D eigenvalue weighted by atomic mass is 32.1. The quantitative estimate of drug-likeness (QED) is 0.743. The Labute approximate surface area is 143 Å². The van der Waals surface area contributed by atoms with Gasteiger partial charge in [0.15, 0.2) is 5.82 Å². The van der Waals surface area contributed by atoms with Gasteiger partial charge < -0.3 is 10.1 Å². The number of thiophene rings is 1. The Morgan fingerprint density at radius 3 is 2.96 bits per heavy atom. The normalized spacial score (nSPS) is 11.9. The third kappa shape index (κ3) is 3.77. The molecule has 0 saturated heterocycles. The van der Waals surface area contributed by atoms with Crippen LogP contribution in [0.4, 0.5) is 0 Å². The Hall–Kier alpha value is -2.74. The number of nitrogens with one attached hydrogen (secondary N) is 1. The number of ether oxygens (including phenoxy) is 1. The number of carbonyl (C=O) groups excluding carboxylic acids is 1. The number of hydrogen-bond acceptors (Lipinski definition) is 6. The van der Waals surface area contributed by atoms with E-state index in [2.05, 4.69) is 20.8 Å². The predicted octanol–water partition coefficient (Wildman–Crippen LogP) is 2.34. The molecule has 1 N–H and O–H groups in total. The minimum Gasteiger partial charge on any atom is -0.486 e. The van der Waals surface area contributed by atoms with Crippen molar-refractivity contribution in [3.8, 4) is 5.75 Å². The van der Waals surface area contributed by atoms with Crippen molar-refractivity contribution < 1.29 is 9.53 Å². The highest BCUT2D eigenvalue weighted by Gasteiger charge is 2.13. The molecule has 1 atom stereocenters. The first kappa shape index (κ1) is 16.1. The van der Waals surface area contributed by atoms with Gasteiger partial charge in [0.05, 0.1) is 6.04 Å². The fourth-order valence-electron chi connectivity index (χ4n) is 2.13. The van der Waals surface area contributed by atoms with Crippen molar-refractivity contribution in [3.05, 3.63) is 58.0 Å². The molecular formula is C16H17N5O2S. The molecule has 1 aromatic carbocycles. The van der Waals surface area contributed by atoms with E-state index in [4.69, 9.17) is 4.74 Å². The first-order valence-electron chi connectivity index (χ1n) is 7.42. The lowest BCUT2D eigenvalue weighted by Crippen LogP contribution is -2.26. The smallest absolute Gasteiger partial charge is 0.251 e. The monoisotopic (exact) mass is 343 g/mol. The number of tetrazole rings is 1. The molecule has 3 aromatic rings. The van der Waals surface area contributed by atoms with Crippen LogP contribution in [0.3, 0.4) is 0 Å². The van der Waals surface area contributed by atoms with Crippen molar-refractivity contribution in [3.63, 3.8) is 0 Å². The van der Waals surface area contributed by atoms with Crippen LogP contribution in [0.5, 0.6) is 5.75 Å². The van der Waals surface area contributed by atoms with Crippen LogP contribution >= 0.6 is 11.3 Å². The van der Waals surface area contributed by atoms with E-state index in [1.54, 1.807) is 47.3 Å². The molecule has 0 spiro atoms. The Morgan fingerprint density at radius 1 is 1.38 bits per heavy atom. The molecule has 8 heteroatoms. The van der Waals surface area contributed by atoms with Gasteiger partial charge >= 0.3 is 0 Å². The molecular weight excluding hydrogens is 326 g/mol. The van der Waals surface area contributed by atoms with Crippen LogP contribution in [0.2, 0.25) is 0 Å². The molecule has 0 fully saturated rings. The highest BCUT2D eigenvalue weighted by molar-refractivity contribution is 7.10. The average Bonchev–Trinajstić information content (AvgIpc) is 3.25. The SMILES string of the molecule is CC(NC(=O)c1cccc(OCc2nnnn2C)c1)c1cccs1. The number of rotatable bonds is 6. The molecule has 2 aromatic heterocycles. The van der Waals surface area contributed by atoms with Crippen molar-refractivity contribution in [1.82, 2.24) is 25.5 Å². The number of carbonyl (C=O) groups is 1. The first-order chi connectivity index (χ1) is 11.6. The van der Waals surface area contributed by atoms with Crippen LogP contribution < -0.4 is 10.1 Å². The van der Waals surface area contributed by atoms with E-state index in [1.807, 2.05) is 24.4 Å². The fourth-order valence-corrected chi connectivity index (χ4v) is 2.87. The van der Waals surface area contributed by atoms with Gasteiger partial charge in [0.1, 0.15) is 12.4 Å². The molecule has 2 heterocycles. The molecule has 0 aliphatic carbocycles. The molecule has 0 aliphatic heterocycles. The van der Waals surface area contributed by atoms with E-state index in [0.717, 1.165) is 4.88 Å². The Kier molecular flexibility index (Phi) is 4.85. The van der Waals surface area contributed by atoms with Gasteiger partial charge in [-0.1, -0.05) is 12.1 Å². The molecule has 0 radical (unpaired) electrons. The average molecular weight is 343 g/mol. The van der Waals surface area contributed by atoms with Crippen molar-refractivity contribution >= 4 is 17.2 Å². The van der Waals surface area contributed by atoms with Gasteiger partial charge in [-0.3, -0.25) is 4.79 Å². The Morgan fingerprint density at radius 2 is 2.25 bits per heavy atom. The predicted molar refractivity (Wildman–Crippen MR) is 89.8 cm³/mol. The second-order valence-electron chi connectivity index (χ2n) is 5.25. The summed E-state index contributed by atoms with van der Waals surface area (Å²) in [6, 6.07) is 11.0. The third-order valence-corrected chi connectivity index (χ3v) is 4.54. The second kappa shape index (κ2) is 7.22.